The Hall–Kier alpha value is -1.79. The molecule has 2 aliphatic rings. The van der Waals surface area contributed by atoms with Gasteiger partial charge in [-0.05, 0) is 31.1 Å². The van der Waals surface area contributed by atoms with E-state index in [-0.39, 0.29) is 23.2 Å². The fourth-order valence-electron chi connectivity index (χ4n) is 2.81. The van der Waals surface area contributed by atoms with Gasteiger partial charge in [0.1, 0.15) is 11.6 Å². The normalized spacial score (nSPS) is 22.9. The second-order valence-electron chi connectivity index (χ2n) is 5.78. The van der Waals surface area contributed by atoms with Crippen molar-refractivity contribution in [2.24, 2.45) is 0 Å². The lowest BCUT2D eigenvalue weighted by Crippen LogP contribution is -2.59. The van der Waals surface area contributed by atoms with Gasteiger partial charge in [-0.2, -0.15) is 0 Å². The number of carbonyl (C=O) groups excluding carboxylic acids is 1. The number of carbonyl (C=O) groups is 1. The van der Waals surface area contributed by atoms with Crippen LogP contribution in [0.5, 0.6) is 0 Å². The van der Waals surface area contributed by atoms with Crippen LogP contribution >= 0.6 is 0 Å². The summed E-state index contributed by atoms with van der Waals surface area (Å²) in [6.45, 7) is 2.14. The maximum absolute atomic E-state index is 13.4. The lowest BCUT2D eigenvalue weighted by Gasteiger charge is -2.38. The second kappa shape index (κ2) is 6.14. The van der Waals surface area contributed by atoms with Gasteiger partial charge in [0, 0.05) is 31.3 Å². The molecule has 1 aromatic rings. The predicted molar refractivity (Wildman–Crippen MR) is 78.1 cm³/mol. The topological polar surface area (TPSA) is 50.4 Å². The van der Waals surface area contributed by atoms with Gasteiger partial charge in [-0.1, -0.05) is 6.07 Å². The molecule has 1 aromatic carbocycles. The minimum Gasteiger partial charge on any atom is -0.367 e. The molecule has 0 radical (unpaired) electrons. The standard InChI is InChI=1S/C16H18F2N2O2/c17-13-2-1-3-14(18)12(13)4-5-15(21)20-8-11-6-7-16(22-11)9-19-10-16/h1-5,11,19H,6-10H2,(H,20,21). The summed E-state index contributed by atoms with van der Waals surface area (Å²) in [5, 5.41) is 5.89. The van der Waals surface area contributed by atoms with Crippen LogP contribution in [0.15, 0.2) is 24.3 Å². The molecule has 1 unspecified atom stereocenters. The van der Waals surface area contributed by atoms with Gasteiger partial charge in [-0.25, -0.2) is 8.78 Å². The highest BCUT2D eigenvalue weighted by Crippen LogP contribution is 2.33. The van der Waals surface area contributed by atoms with Gasteiger partial charge < -0.3 is 15.4 Å². The van der Waals surface area contributed by atoms with E-state index >= 15 is 0 Å². The third kappa shape index (κ3) is 3.18. The van der Waals surface area contributed by atoms with Crippen molar-refractivity contribution >= 4 is 12.0 Å². The quantitative estimate of drug-likeness (QED) is 0.831. The highest BCUT2D eigenvalue weighted by atomic mass is 19.1. The Kier molecular flexibility index (Phi) is 4.22. The zero-order chi connectivity index (χ0) is 15.6. The molecule has 1 spiro atoms. The highest BCUT2D eigenvalue weighted by molar-refractivity contribution is 5.91. The zero-order valence-corrected chi connectivity index (χ0v) is 12.1. The third-order valence-corrected chi connectivity index (χ3v) is 4.14. The van der Waals surface area contributed by atoms with Crippen molar-refractivity contribution in [2.45, 2.75) is 24.5 Å². The molecule has 1 atom stereocenters. The van der Waals surface area contributed by atoms with Crippen molar-refractivity contribution in [3.63, 3.8) is 0 Å². The molecule has 0 bridgehead atoms. The van der Waals surface area contributed by atoms with Gasteiger partial charge in [-0.15, -0.1) is 0 Å². The number of hydrogen-bond donors (Lipinski definition) is 2. The minimum atomic E-state index is -0.692. The fraction of sp³-hybridized carbons (Fsp3) is 0.438. The van der Waals surface area contributed by atoms with Crippen LogP contribution in [-0.4, -0.2) is 37.2 Å². The van der Waals surface area contributed by atoms with Gasteiger partial charge >= 0.3 is 0 Å². The molecule has 4 nitrogen and oxygen atoms in total. The van der Waals surface area contributed by atoms with Crippen LogP contribution in [0.2, 0.25) is 0 Å². The Labute approximate surface area is 127 Å². The summed E-state index contributed by atoms with van der Waals surface area (Å²) in [5.74, 6) is -1.77. The van der Waals surface area contributed by atoms with Gasteiger partial charge in [0.25, 0.3) is 0 Å². The largest absolute Gasteiger partial charge is 0.367 e. The molecular formula is C16H18F2N2O2. The van der Waals surface area contributed by atoms with Crippen LogP contribution in [0, 0.1) is 11.6 Å². The maximum atomic E-state index is 13.4. The predicted octanol–water partition coefficient (Wildman–Crippen LogP) is 1.62. The highest BCUT2D eigenvalue weighted by Gasteiger charge is 2.44. The molecule has 0 aliphatic carbocycles. The SMILES string of the molecule is O=C(C=Cc1c(F)cccc1F)NCC1CCC2(CNC2)O1. The van der Waals surface area contributed by atoms with E-state index in [1.807, 2.05) is 0 Å². The van der Waals surface area contributed by atoms with E-state index < -0.39 is 11.6 Å². The van der Waals surface area contributed by atoms with Crippen molar-refractivity contribution in [2.75, 3.05) is 19.6 Å². The molecule has 1 amide bonds. The molecule has 118 valence electrons. The average Bonchev–Trinajstić information content (AvgIpc) is 2.89. The number of ether oxygens (including phenoxy) is 1. The number of hydrogen-bond acceptors (Lipinski definition) is 3. The number of benzene rings is 1. The first-order valence-corrected chi connectivity index (χ1v) is 7.36. The Morgan fingerprint density at radius 1 is 1.41 bits per heavy atom. The molecule has 6 heteroatoms. The Balaban J connectivity index is 1.49. The van der Waals surface area contributed by atoms with Gasteiger partial charge in [0.05, 0.1) is 11.7 Å². The van der Waals surface area contributed by atoms with Crippen molar-refractivity contribution < 1.29 is 18.3 Å². The average molecular weight is 308 g/mol. The molecule has 2 aliphatic heterocycles. The summed E-state index contributed by atoms with van der Waals surface area (Å²) >= 11 is 0. The van der Waals surface area contributed by atoms with Gasteiger partial charge in [-0.3, -0.25) is 4.79 Å². The maximum Gasteiger partial charge on any atom is 0.244 e. The van der Waals surface area contributed by atoms with E-state index in [0.717, 1.165) is 50.2 Å². The molecule has 2 heterocycles. The van der Waals surface area contributed by atoms with Gasteiger partial charge in [0.2, 0.25) is 5.91 Å². The van der Waals surface area contributed by atoms with E-state index in [1.54, 1.807) is 0 Å². The molecule has 0 aromatic heterocycles. The monoisotopic (exact) mass is 308 g/mol. The molecule has 0 saturated carbocycles. The summed E-state index contributed by atoms with van der Waals surface area (Å²) in [5.41, 5.74) is -0.254. The summed E-state index contributed by atoms with van der Waals surface area (Å²) in [6.07, 6.45) is 4.19. The number of nitrogens with one attached hydrogen (secondary N) is 2. The summed E-state index contributed by atoms with van der Waals surface area (Å²) in [7, 11) is 0. The van der Waals surface area contributed by atoms with Crippen LogP contribution in [-0.2, 0) is 9.53 Å². The molecule has 3 rings (SSSR count). The lowest BCUT2D eigenvalue weighted by molar-refractivity contribution is -0.118. The van der Waals surface area contributed by atoms with Crippen molar-refractivity contribution in [3.05, 3.63) is 41.5 Å². The van der Waals surface area contributed by atoms with E-state index in [4.69, 9.17) is 4.74 Å². The molecule has 2 saturated heterocycles. The van der Waals surface area contributed by atoms with E-state index in [9.17, 15) is 13.6 Å². The van der Waals surface area contributed by atoms with Crippen molar-refractivity contribution in [3.8, 4) is 0 Å². The lowest BCUT2D eigenvalue weighted by atomic mass is 9.93. The summed E-state index contributed by atoms with van der Waals surface area (Å²) in [6, 6.07) is 3.59. The molecular weight excluding hydrogens is 290 g/mol. The van der Waals surface area contributed by atoms with Gasteiger partial charge in [0.15, 0.2) is 0 Å². The smallest absolute Gasteiger partial charge is 0.244 e. The Morgan fingerprint density at radius 3 is 2.73 bits per heavy atom. The molecule has 2 N–H and O–H groups in total. The Morgan fingerprint density at radius 2 is 2.14 bits per heavy atom. The first-order valence-electron chi connectivity index (χ1n) is 7.36. The van der Waals surface area contributed by atoms with Crippen LogP contribution in [0.3, 0.4) is 0 Å². The zero-order valence-electron chi connectivity index (χ0n) is 12.1. The number of amides is 1. The fourth-order valence-corrected chi connectivity index (χ4v) is 2.81. The van der Waals surface area contributed by atoms with Crippen molar-refractivity contribution in [1.82, 2.24) is 10.6 Å². The van der Waals surface area contributed by atoms with Crippen LogP contribution < -0.4 is 10.6 Å². The second-order valence-corrected chi connectivity index (χ2v) is 5.78. The first-order chi connectivity index (χ1) is 10.6. The van der Waals surface area contributed by atoms with E-state index in [0.29, 0.717) is 6.54 Å². The molecule has 2 fully saturated rings. The van der Waals surface area contributed by atoms with Crippen LogP contribution in [0.4, 0.5) is 8.78 Å². The summed E-state index contributed by atoms with van der Waals surface area (Å²) in [4.78, 5) is 11.7. The third-order valence-electron chi connectivity index (χ3n) is 4.14. The van der Waals surface area contributed by atoms with Crippen LogP contribution in [0.1, 0.15) is 18.4 Å². The van der Waals surface area contributed by atoms with Crippen molar-refractivity contribution in [1.29, 1.82) is 0 Å². The number of rotatable bonds is 4. The van der Waals surface area contributed by atoms with E-state index in [1.165, 1.54) is 6.07 Å². The molecule has 22 heavy (non-hydrogen) atoms. The minimum absolute atomic E-state index is 0.00430. The summed E-state index contributed by atoms with van der Waals surface area (Å²) < 4.78 is 32.7. The Bertz CT molecular complexity index is 580. The van der Waals surface area contributed by atoms with Crippen LogP contribution in [0.25, 0.3) is 6.08 Å². The first kappa shape index (κ1) is 15.1. The van der Waals surface area contributed by atoms with E-state index in [2.05, 4.69) is 10.6 Å². The number of halogens is 2.